The zero-order chi connectivity index (χ0) is 89.7. The van der Waals surface area contributed by atoms with Crippen molar-refractivity contribution < 1.29 is 63.7 Å². The molecule has 0 amide bonds. The summed E-state index contributed by atoms with van der Waals surface area (Å²) in [7, 11) is -2.35. The van der Waals surface area contributed by atoms with Crippen molar-refractivity contribution in [2.45, 2.75) is 327 Å². The number of likely N-dealkylation sites (tertiary alicyclic amines) is 1. The number of methoxy groups -OCH3 is 1. The average Bonchev–Trinajstić information content (AvgIpc) is 0.965. The molecule has 0 aliphatic carbocycles. The third-order valence-corrected chi connectivity index (χ3v) is 21.5. The van der Waals surface area contributed by atoms with E-state index in [0.717, 1.165) is 128 Å². The van der Waals surface area contributed by atoms with Crippen molar-refractivity contribution in [3.05, 3.63) is 22.8 Å². The molecule has 682 valence electrons. The minimum absolute atomic E-state index is 0.0916. The summed E-state index contributed by atoms with van der Waals surface area (Å²) >= 11 is 0. The zero-order valence-electron chi connectivity index (χ0n) is 79.7. The van der Waals surface area contributed by atoms with Crippen LogP contribution in [0.2, 0.25) is 0 Å². The van der Waals surface area contributed by atoms with Crippen LogP contribution < -0.4 is 0 Å². The predicted molar refractivity (Wildman–Crippen MR) is 487 cm³/mol. The van der Waals surface area contributed by atoms with Gasteiger partial charge >= 0.3 is 0 Å². The topological polar surface area (TPSA) is 231 Å². The number of sulfone groups is 3. The minimum Gasteiger partial charge on any atom is -0.396 e. The number of hydrogen-bond acceptors (Lipinski definition) is 16. The lowest BCUT2D eigenvalue weighted by Gasteiger charge is -2.26. The Labute approximate surface area is 702 Å². The highest BCUT2D eigenvalue weighted by Crippen LogP contribution is 2.20. The van der Waals surface area contributed by atoms with Crippen LogP contribution in [0.15, 0.2) is 0 Å². The van der Waals surface area contributed by atoms with Crippen molar-refractivity contribution in [1.29, 1.82) is 0 Å². The first kappa shape index (κ1) is 129. The van der Waals surface area contributed by atoms with Crippen molar-refractivity contribution in [1.82, 2.24) is 14.7 Å². The highest BCUT2D eigenvalue weighted by molar-refractivity contribution is 7.91. The van der Waals surface area contributed by atoms with Crippen molar-refractivity contribution in [2.75, 3.05) is 149 Å². The van der Waals surface area contributed by atoms with Crippen LogP contribution in [0, 0.1) is 96.0 Å². The van der Waals surface area contributed by atoms with Gasteiger partial charge in [0.05, 0.1) is 37.5 Å². The van der Waals surface area contributed by atoms with E-state index in [9.17, 15) is 44.0 Å². The Morgan fingerprint density at radius 2 is 0.805 bits per heavy atom. The Hall–Kier alpha value is -2.51. The quantitative estimate of drug-likeness (QED) is 0.0426. The number of aliphatic hydroxyl groups is 2. The summed E-state index contributed by atoms with van der Waals surface area (Å²) < 4.78 is 87.0. The summed E-state index contributed by atoms with van der Waals surface area (Å²) in [5, 5.41) is 18.0. The van der Waals surface area contributed by atoms with Gasteiger partial charge in [-0.25, -0.2) is 38.4 Å². The standard InChI is InChI=1S/C10H19FO.C10H21N.2C10H20O2.C9H19NO.C9H21NO.C7H13N.2C7H16O2S.C6H11N.C6H14O2S/c1-8(2)6-10(7-11)5-4-9(3)12;1-10(2)6-9-11-7-4-3-5-8-11;1-8(2)7-10(12-4)6-5-9(3)11;1-8(2)6-10(7-11)5-4-9(3)12;1-9(2)3-4-10-5-7-11-8-6-10;1-8(2)5-9(7-11)6-10(3)4;1-7(2)5-4-6-8-3;1-7(2)5-4-6-10(3,8)9;1-4-10(8,9)6-5-7(2)3;1-6(2)4-5-7-3;1-6(2)4-5-9(3,7)8/h8,10H,4-7H2,1-3H3;10H,3-9H2,1-2H3;8,10H,5-7H2,1-4H3;8,10-11H,4-7H2,1-3H3;9H,3-8H2,1-2H3;8-9,11H,5-7H2,1-4H3;7H,4-6H2,1-2H3;2*7H,4-6H2,1-3H3;6H,4-5H2,1-2H3;6H,4-5H2,1-3H3. The average molecular weight is 1680 g/mol. The number of hydrogen-bond donors (Lipinski definition) is 2. The fourth-order valence-corrected chi connectivity index (χ4v) is 13.6. The van der Waals surface area contributed by atoms with Crippen LogP contribution in [0.3, 0.4) is 0 Å². The Balaban J connectivity index is -0.000000151. The van der Waals surface area contributed by atoms with Gasteiger partial charge in [0.15, 0.2) is 0 Å². The lowest BCUT2D eigenvalue weighted by molar-refractivity contribution is -0.118. The Morgan fingerprint density at radius 3 is 1.12 bits per heavy atom. The molecule has 0 radical (unpaired) electrons. The molecule has 2 N–H and O–H groups in total. The van der Waals surface area contributed by atoms with Gasteiger partial charge in [0, 0.05) is 96.1 Å². The van der Waals surface area contributed by atoms with Gasteiger partial charge in [0.1, 0.15) is 46.9 Å². The molecule has 0 spiro atoms. The van der Waals surface area contributed by atoms with Crippen molar-refractivity contribution in [3.8, 4) is 0 Å². The molecular formula is C91H190FN5O13S3. The minimum atomic E-state index is -2.72. The second kappa shape index (κ2) is 85.9. The summed E-state index contributed by atoms with van der Waals surface area (Å²) in [5.74, 6) is 9.98. The molecule has 22 heteroatoms. The molecule has 0 saturated carbocycles. The Kier molecular flexibility index (Phi) is 97.7. The number of piperidine rings is 1. The molecular weight excluding hydrogens is 1490 g/mol. The van der Waals surface area contributed by atoms with Crippen LogP contribution in [0.25, 0.3) is 9.69 Å². The maximum Gasteiger partial charge on any atom is 0.214 e. The van der Waals surface area contributed by atoms with Gasteiger partial charge < -0.3 is 53.6 Å². The van der Waals surface area contributed by atoms with E-state index < -0.39 is 29.5 Å². The van der Waals surface area contributed by atoms with E-state index in [4.69, 9.17) is 32.8 Å². The van der Waals surface area contributed by atoms with Gasteiger partial charge in [0.2, 0.25) is 13.1 Å². The van der Waals surface area contributed by atoms with E-state index in [2.05, 4.69) is 149 Å². The van der Waals surface area contributed by atoms with Crippen LogP contribution in [0.1, 0.15) is 321 Å². The number of Topliss-reactive ketones (excluding diaryl/α,β-unsaturated/α-hetero) is 3. The molecule has 2 fully saturated rings. The first-order valence-corrected chi connectivity index (χ1v) is 49.8. The molecule has 0 aromatic heterocycles. The van der Waals surface area contributed by atoms with E-state index in [1.807, 2.05) is 41.8 Å². The normalized spacial score (nSPS) is 14.2. The number of carbonyl (C=O) groups excluding carboxylic acids is 3. The molecule has 2 heterocycles. The van der Waals surface area contributed by atoms with Gasteiger partial charge in [-0.05, 0) is 240 Å². The number of rotatable bonds is 45. The summed E-state index contributed by atoms with van der Waals surface area (Å²) in [4.78, 5) is 45.7. The number of nitrogens with zero attached hydrogens (tertiary/aromatic N) is 5. The van der Waals surface area contributed by atoms with Crippen molar-refractivity contribution in [3.63, 3.8) is 0 Å². The van der Waals surface area contributed by atoms with Crippen molar-refractivity contribution >= 4 is 46.9 Å². The number of morpholine rings is 1. The van der Waals surface area contributed by atoms with E-state index in [-0.39, 0.29) is 48.4 Å². The smallest absolute Gasteiger partial charge is 0.214 e. The lowest BCUT2D eigenvalue weighted by Crippen LogP contribution is -2.37. The molecule has 4 unspecified atom stereocenters. The van der Waals surface area contributed by atoms with Gasteiger partial charge in [0.25, 0.3) is 0 Å². The number of aliphatic hydroxyl groups excluding tert-OH is 2. The number of halogens is 1. The first-order chi connectivity index (χ1) is 52.2. The molecule has 113 heavy (non-hydrogen) atoms. The lowest BCUT2D eigenvalue weighted by atomic mass is 9.93. The summed E-state index contributed by atoms with van der Waals surface area (Å²) in [5.41, 5.74) is 0. The number of carbonyl (C=O) groups is 3. The number of ether oxygens (including phenoxy) is 2. The monoisotopic (exact) mass is 1680 g/mol. The first-order valence-electron chi connectivity index (χ1n) is 43.8. The van der Waals surface area contributed by atoms with E-state index in [0.29, 0.717) is 122 Å². The molecule has 2 aliphatic heterocycles. The largest absolute Gasteiger partial charge is 0.396 e. The molecule has 18 nitrogen and oxygen atoms in total. The van der Waals surface area contributed by atoms with Crippen molar-refractivity contribution in [2.24, 2.45) is 82.9 Å². The summed E-state index contributed by atoms with van der Waals surface area (Å²) in [6, 6.07) is 0. The Morgan fingerprint density at radius 1 is 0.451 bits per heavy atom. The second-order valence-corrected chi connectivity index (χ2v) is 43.6. The third-order valence-electron chi connectivity index (χ3n) is 17.7. The number of ketones is 3. The van der Waals surface area contributed by atoms with E-state index in [1.54, 1.807) is 34.8 Å². The van der Waals surface area contributed by atoms with Gasteiger partial charge in [-0.15, -0.1) is 0 Å². The molecule has 2 rings (SSSR count). The highest BCUT2D eigenvalue weighted by Gasteiger charge is 2.16. The zero-order valence-corrected chi connectivity index (χ0v) is 82.1. The van der Waals surface area contributed by atoms with Crippen LogP contribution in [-0.2, 0) is 53.4 Å². The van der Waals surface area contributed by atoms with Gasteiger partial charge in [-0.1, -0.05) is 172 Å². The van der Waals surface area contributed by atoms with Crippen LogP contribution in [0.4, 0.5) is 4.39 Å². The summed E-state index contributed by atoms with van der Waals surface area (Å²) in [6.45, 7) is 78.7. The third kappa shape index (κ3) is 133. The van der Waals surface area contributed by atoms with E-state index in [1.165, 1.54) is 77.2 Å². The maximum absolute atomic E-state index is 12.4. The number of alkyl halides is 1. The molecule has 2 saturated heterocycles. The van der Waals surface area contributed by atoms with Gasteiger partial charge in [-0.2, -0.15) is 0 Å². The van der Waals surface area contributed by atoms with Crippen LogP contribution >= 0.6 is 0 Å². The predicted octanol–water partition coefficient (Wildman–Crippen LogP) is 20.8. The molecule has 2 aliphatic rings. The Bertz CT molecular complexity index is 2390. The van der Waals surface area contributed by atoms with E-state index >= 15 is 0 Å². The molecule has 4 atom stereocenters. The van der Waals surface area contributed by atoms with Crippen LogP contribution in [0.5, 0.6) is 0 Å². The SMILES string of the molecule is CC(=O)CCC(CF)CC(C)C.CC(=O)CCC(CO)CC(C)C.CC(C)CC(CO)CN(C)C.CC(C)CCCS(C)(=O)=O.CC(C)CCN1CCCCC1.CC(C)CCN1CCOCC1.CC(C)CCS(C)(=O)=O.CCS(=O)(=O)CCC(C)C.COC(CCC(C)=O)CC(C)C.[C-]#[N+]CCC(C)C.[C-]#[N+]CCCC(C)C. The molecule has 0 aromatic rings. The fourth-order valence-electron chi connectivity index (χ4n) is 10.9. The second-order valence-electron chi connectivity index (χ2n) is 36.6. The summed E-state index contributed by atoms with van der Waals surface area (Å²) in [6.07, 6.45) is 24.8. The van der Waals surface area contributed by atoms with Crippen LogP contribution in [-0.4, -0.2) is 222 Å². The molecule has 0 bridgehead atoms. The van der Waals surface area contributed by atoms with Gasteiger partial charge in [-0.3, -0.25) is 9.29 Å². The maximum atomic E-state index is 12.4. The highest BCUT2D eigenvalue weighted by atomic mass is 32.2. The molecule has 0 aromatic carbocycles. The fraction of sp³-hybridized carbons (Fsp3) is 0.945.